The van der Waals surface area contributed by atoms with Crippen LogP contribution in [-0.4, -0.2) is 23.7 Å². The zero-order valence-electron chi connectivity index (χ0n) is 13.5. The number of amides is 1. The van der Waals surface area contributed by atoms with E-state index in [1.165, 1.54) is 0 Å². The fraction of sp³-hybridized carbons (Fsp3) is 0.588. The molecule has 0 fully saturated rings. The fourth-order valence-electron chi connectivity index (χ4n) is 2.06. The summed E-state index contributed by atoms with van der Waals surface area (Å²) in [5.41, 5.74) is 1.73. The Morgan fingerprint density at radius 3 is 2.67 bits per heavy atom. The van der Waals surface area contributed by atoms with Crippen molar-refractivity contribution in [3.8, 4) is 5.75 Å². The number of hydrogen-bond donors (Lipinski definition) is 2. The second-order valence-corrected chi connectivity index (χ2v) is 5.48. The zero-order valence-corrected chi connectivity index (χ0v) is 13.5. The van der Waals surface area contributed by atoms with Crippen LogP contribution in [0.1, 0.15) is 57.3 Å². The predicted octanol–water partition coefficient (Wildman–Crippen LogP) is 3.12. The smallest absolute Gasteiger partial charge is 0.260 e. The first-order valence-corrected chi connectivity index (χ1v) is 7.68. The summed E-state index contributed by atoms with van der Waals surface area (Å²) in [7, 11) is 0. The molecule has 4 heteroatoms. The minimum absolute atomic E-state index is 0.121. The molecule has 0 spiro atoms. The summed E-state index contributed by atoms with van der Waals surface area (Å²) in [6.45, 7) is 8.17. The highest BCUT2D eigenvalue weighted by molar-refractivity contribution is 5.80. The quantitative estimate of drug-likeness (QED) is 0.724. The van der Waals surface area contributed by atoms with Crippen LogP contribution >= 0.6 is 0 Å². The van der Waals surface area contributed by atoms with Crippen molar-refractivity contribution >= 4 is 5.91 Å². The molecule has 2 N–H and O–H groups in total. The van der Waals surface area contributed by atoms with Crippen LogP contribution in [-0.2, 0) is 4.79 Å². The van der Waals surface area contributed by atoms with E-state index >= 15 is 0 Å². The molecule has 0 aliphatic carbocycles. The molecule has 0 saturated carbocycles. The van der Waals surface area contributed by atoms with E-state index < -0.39 is 12.2 Å². The van der Waals surface area contributed by atoms with Crippen LogP contribution in [0.2, 0.25) is 0 Å². The first-order valence-electron chi connectivity index (χ1n) is 7.68. The molecule has 0 aliphatic heterocycles. The third-order valence-corrected chi connectivity index (χ3v) is 3.37. The molecule has 0 radical (unpaired) electrons. The van der Waals surface area contributed by atoms with Crippen molar-refractivity contribution < 1.29 is 14.6 Å². The molecule has 1 aromatic rings. The average Bonchev–Trinajstić information content (AvgIpc) is 2.43. The van der Waals surface area contributed by atoms with Crippen molar-refractivity contribution in [2.75, 3.05) is 6.54 Å². The number of carbonyl (C=O) groups is 1. The molecule has 21 heavy (non-hydrogen) atoms. The Balaban J connectivity index is 2.63. The van der Waals surface area contributed by atoms with Gasteiger partial charge in [-0.25, -0.2) is 0 Å². The van der Waals surface area contributed by atoms with Crippen LogP contribution in [0, 0.1) is 6.92 Å². The first-order chi connectivity index (χ1) is 9.95. The fourth-order valence-corrected chi connectivity index (χ4v) is 2.06. The molecule has 2 atom stereocenters. The van der Waals surface area contributed by atoms with Crippen LogP contribution in [0.25, 0.3) is 0 Å². The van der Waals surface area contributed by atoms with Crippen molar-refractivity contribution in [3.63, 3.8) is 0 Å². The topological polar surface area (TPSA) is 58.6 Å². The minimum Gasteiger partial charge on any atom is -0.481 e. The first kappa shape index (κ1) is 17.5. The molecule has 2 unspecified atom stereocenters. The van der Waals surface area contributed by atoms with Crippen LogP contribution < -0.4 is 10.1 Å². The summed E-state index contributed by atoms with van der Waals surface area (Å²) in [4.78, 5) is 12.0. The second-order valence-electron chi connectivity index (χ2n) is 5.48. The number of benzene rings is 1. The molecule has 4 nitrogen and oxygen atoms in total. The van der Waals surface area contributed by atoms with Gasteiger partial charge in [-0.05, 0) is 38.8 Å². The Morgan fingerprint density at radius 1 is 1.33 bits per heavy atom. The van der Waals surface area contributed by atoms with Gasteiger partial charge in [0, 0.05) is 12.1 Å². The van der Waals surface area contributed by atoms with Gasteiger partial charge in [0.2, 0.25) is 0 Å². The number of aliphatic hydroxyl groups is 1. The number of aryl methyl sites for hydroxylation is 1. The van der Waals surface area contributed by atoms with Crippen LogP contribution in [0.3, 0.4) is 0 Å². The lowest BCUT2D eigenvalue weighted by Gasteiger charge is -2.19. The molecular formula is C17H27NO3. The van der Waals surface area contributed by atoms with Crippen molar-refractivity contribution in [3.05, 3.63) is 29.3 Å². The number of aliphatic hydroxyl groups excluding tert-OH is 1. The van der Waals surface area contributed by atoms with Gasteiger partial charge in [0.1, 0.15) is 5.75 Å². The number of ether oxygens (including phenoxy) is 1. The Labute approximate surface area is 127 Å². The SMILES string of the molecule is CCCCCNC(=O)C(C)Oc1cc(C)ccc1C(C)O. The normalized spacial score (nSPS) is 13.6. The Hall–Kier alpha value is -1.55. The van der Waals surface area contributed by atoms with Gasteiger partial charge < -0.3 is 15.2 Å². The molecule has 1 rings (SSSR count). The molecule has 1 amide bonds. The number of rotatable bonds is 8. The van der Waals surface area contributed by atoms with Gasteiger partial charge in [-0.1, -0.05) is 31.9 Å². The Morgan fingerprint density at radius 2 is 2.05 bits per heavy atom. The molecular weight excluding hydrogens is 266 g/mol. The average molecular weight is 293 g/mol. The number of unbranched alkanes of at least 4 members (excludes halogenated alkanes) is 2. The van der Waals surface area contributed by atoms with E-state index in [1.807, 2.05) is 25.1 Å². The number of carbonyl (C=O) groups excluding carboxylic acids is 1. The van der Waals surface area contributed by atoms with Gasteiger partial charge in [-0.15, -0.1) is 0 Å². The second kappa shape index (κ2) is 8.67. The zero-order chi connectivity index (χ0) is 15.8. The van der Waals surface area contributed by atoms with E-state index in [-0.39, 0.29) is 5.91 Å². The molecule has 0 aliphatic rings. The van der Waals surface area contributed by atoms with E-state index in [0.29, 0.717) is 17.9 Å². The number of hydrogen-bond acceptors (Lipinski definition) is 3. The van der Waals surface area contributed by atoms with E-state index in [0.717, 1.165) is 24.8 Å². The lowest BCUT2D eigenvalue weighted by atomic mass is 10.1. The standard InChI is InChI=1S/C17H27NO3/c1-5-6-7-10-18-17(20)14(4)21-16-11-12(2)8-9-15(16)13(3)19/h8-9,11,13-14,19H,5-7,10H2,1-4H3,(H,18,20). The summed E-state index contributed by atoms with van der Waals surface area (Å²) in [6.07, 6.45) is 2.02. The third-order valence-electron chi connectivity index (χ3n) is 3.37. The Kier molecular flexibility index (Phi) is 7.23. The Bertz CT molecular complexity index is 457. The van der Waals surface area contributed by atoms with Gasteiger partial charge in [0.05, 0.1) is 6.10 Å². The molecule has 0 saturated heterocycles. The van der Waals surface area contributed by atoms with Crippen molar-refractivity contribution in [1.29, 1.82) is 0 Å². The molecule has 0 aromatic heterocycles. The summed E-state index contributed by atoms with van der Waals surface area (Å²) >= 11 is 0. The van der Waals surface area contributed by atoms with E-state index in [2.05, 4.69) is 12.2 Å². The maximum atomic E-state index is 12.0. The van der Waals surface area contributed by atoms with Gasteiger partial charge in [0.25, 0.3) is 5.91 Å². The summed E-state index contributed by atoms with van der Waals surface area (Å²) in [5, 5.41) is 12.6. The minimum atomic E-state index is -0.625. The largest absolute Gasteiger partial charge is 0.481 e. The van der Waals surface area contributed by atoms with Crippen molar-refractivity contribution in [2.45, 2.75) is 59.2 Å². The van der Waals surface area contributed by atoms with Gasteiger partial charge in [-0.2, -0.15) is 0 Å². The highest BCUT2D eigenvalue weighted by atomic mass is 16.5. The molecule has 118 valence electrons. The van der Waals surface area contributed by atoms with Crippen LogP contribution in [0.4, 0.5) is 0 Å². The van der Waals surface area contributed by atoms with Gasteiger partial charge in [0.15, 0.2) is 6.10 Å². The summed E-state index contributed by atoms with van der Waals surface area (Å²) in [5.74, 6) is 0.449. The van der Waals surface area contributed by atoms with Crippen molar-refractivity contribution in [2.24, 2.45) is 0 Å². The monoisotopic (exact) mass is 293 g/mol. The maximum Gasteiger partial charge on any atom is 0.260 e. The van der Waals surface area contributed by atoms with E-state index in [1.54, 1.807) is 13.8 Å². The highest BCUT2D eigenvalue weighted by Crippen LogP contribution is 2.27. The lowest BCUT2D eigenvalue weighted by Crippen LogP contribution is -2.37. The predicted molar refractivity (Wildman–Crippen MR) is 84.4 cm³/mol. The molecule has 0 bridgehead atoms. The van der Waals surface area contributed by atoms with Crippen LogP contribution in [0.5, 0.6) is 5.75 Å². The molecule has 1 aromatic carbocycles. The molecule has 0 heterocycles. The summed E-state index contributed by atoms with van der Waals surface area (Å²) in [6, 6.07) is 5.61. The van der Waals surface area contributed by atoms with Crippen LogP contribution in [0.15, 0.2) is 18.2 Å². The van der Waals surface area contributed by atoms with Gasteiger partial charge in [-0.3, -0.25) is 4.79 Å². The van der Waals surface area contributed by atoms with Gasteiger partial charge >= 0.3 is 0 Å². The van der Waals surface area contributed by atoms with Crippen molar-refractivity contribution in [1.82, 2.24) is 5.32 Å². The summed E-state index contributed by atoms with van der Waals surface area (Å²) < 4.78 is 5.73. The van der Waals surface area contributed by atoms with E-state index in [9.17, 15) is 9.90 Å². The maximum absolute atomic E-state index is 12.0. The number of nitrogens with one attached hydrogen (secondary N) is 1. The lowest BCUT2D eigenvalue weighted by molar-refractivity contribution is -0.127. The highest BCUT2D eigenvalue weighted by Gasteiger charge is 2.17. The third kappa shape index (κ3) is 5.76. The van der Waals surface area contributed by atoms with E-state index in [4.69, 9.17) is 4.74 Å².